The van der Waals surface area contributed by atoms with Crippen LogP contribution in [0.2, 0.25) is 0 Å². The third-order valence-corrected chi connectivity index (χ3v) is 5.63. The number of carboxylic acids is 1. The third kappa shape index (κ3) is 7.40. The average molecular weight is 485 g/mol. The summed E-state index contributed by atoms with van der Waals surface area (Å²) in [7, 11) is 0. The van der Waals surface area contributed by atoms with Crippen molar-refractivity contribution in [3.05, 3.63) is 54.0 Å². The van der Waals surface area contributed by atoms with Gasteiger partial charge < -0.3 is 24.4 Å². The Labute approximate surface area is 204 Å². The summed E-state index contributed by atoms with van der Waals surface area (Å²) < 4.78 is 11.1. The number of rotatable bonds is 7. The van der Waals surface area contributed by atoms with Gasteiger partial charge in [-0.1, -0.05) is 37.3 Å². The van der Waals surface area contributed by atoms with Gasteiger partial charge in [-0.05, 0) is 32.3 Å². The average Bonchev–Trinajstić information content (AvgIpc) is 2.82. The van der Waals surface area contributed by atoms with E-state index in [4.69, 9.17) is 9.47 Å². The van der Waals surface area contributed by atoms with Gasteiger partial charge in [0.2, 0.25) is 0 Å². The van der Waals surface area contributed by atoms with E-state index in [9.17, 15) is 19.5 Å². The third-order valence-electron chi connectivity index (χ3n) is 5.63. The molecule has 1 N–H and O–H groups in total. The molecule has 1 unspecified atom stereocenters. The quantitative estimate of drug-likeness (QED) is 0.589. The molecular formula is C25H32N4O6. The van der Waals surface area contributed by atoms with Crippen LogP contribution in [0.25, 0.3) is 0 Å². The Balaban J connectivity index is 1.74. The van der Waals surface area contributed by atoms with Gasteiger partial charge in [0.1, 0.15) is 24.4 Å². The molecule has 0 radical (unpaired) electrons. The Bertz CT molecular complexity index is 1040. The molecule has 1 aromatic carbocycles. The van der Waals surface area contributed by atoms with E-state index in [-0.39, 0.29) is 36.7 Å². The van der Waals surface area contributed by atoms with Crippen molar-refractivity contribution in [3.63, 3.8) is 0 Å². The molecule has 10 nitrogen and oxygen atoms in total. The van der Waals surface area contributed by atoms with Crippen molar-refractivity contribution in [3.8, 4) is 0 Å². The molecule has 0 bridgehead atoms. The molecule has 3 rings (SSSR count). The van der Waals surface area contributed by atoms with Crippen LogP contribution in [-0.2, 0) is 20.9 Å². The van der Waals surface area contributed by atoms with Crippen molar-refractivity contribution in [1.82, 2.24) is 14.9 Å². The minimum absolute atomic E-state index is 0.106. The number of hydrogen-bond donors (Lipinski definition) is 1. The number of hydrogen-bond acceptors (Lipinski definition) is 8. The fourth-order valence-electron chi connectivity index (χ4n) is 3.89. The Morgan fingerprint density at radius 1 is 1.14 bits per heavy atom. The van der Waals surface area contributed by atoms with Crippen LogP contribution in [0.4, 0.5) is 10.6 Å². The van der Waals surface area contributed by atoms with Crippen LogP contribution >= 0.6 is 0 Å². The van der Waals surface area contributed by atoms with Gasteiger partial charge in [-0.15, -0.1) is 0 Å². The maximum Gasteiger partial charge on any atom is 0.410 e. The van der Waals surface area contributed by atoms with E-state index in [0.717, 1.165) is 5.56 Å². The smallest absolute Gasteiger partial charge is 0.410 e. The van der Waals surface area contributed by atoms with Gasteiger partial charge in [-0.3, -0.25) is 4.79 Å². The van der Waals surface area contributed by atoms with E-state index in [2.05, 4.69) is 9.97 Å². The molecule has 1 amide bonds. The number of nitrogens with zero attached hydrogens (tertiary/aromatic N) is 4. The van der Waals surface area contributed by atoms with Crippen molar-refractivity contribution >= 4 is 23.8 Å². The minimum Gasteiger partial charge on any atom is -0.477 e. The van der Waals surface area contributed by atoms with Crippen LogP contribution in [0.3, 0.4) is 0 Å². The number of carbonyl (C=O) groups excluding carboxylic acids is 2. The number of amides is 1. The standard InChI is InChI=1S/C25H32N4O6/c1-17(12-22(30)34-15-18-8-6-5-7-9-18)20-14-28(21-13-19(23(31)32)26-16-27-21)10-11-29(20)24(33)35-25(2,3)4/h5-9,13,16-17,20H,10-12,14-15H2,1-4H3,(H,31,32)/t17?,20-/m0/s1. The molecule has 1 fully saturated rings. The summed E-state index contributed by atoms with van der Waals surface area (Å²) in [5.41, 5.74) is 0.115. The van der Waals surface area contributed by atoms with Gasteiger partial charge in [0.05, 0.1) is 12.5 Å². The fourth-order valence-corrected chi connectivity index (χ4v) is 3.89. The molecule has 35 heavy (non-hydrogen) atoms. The molecule has 2 heterocycles. The summed E-state index contributed by atoms with van der Waals surface area (Å²) in [4.78, 5) is 48.4. The van der Waals surface area contributed by atoms with Crippen molar-refractivity contribution in [2.45, 2.75) is 52.4 Å². The van der Waals surface area contributed by atoms with E-state index in [0.29, 0.717) is 25.5 Å². The number of aromatic carboxylic acids is 1. The Morgan fingerprint density at radius 2 is 1.86 bits per heavy atom. The maximum absolute atomic E-state index is 13.0. The lowest BCUT2D eigenvalue weighted by molar-refractivity contribution is -0.146. The highest BCUT2D eigenvalue weighted by Gasteiger charge is 2.37. The highest BCUT2D eigenvalue weighted by atomic mass is 16.6. The van der Waals surface area contributed by atoms with Gasteiger partial charge in [-0.25, -0.2) is 19.6 Å². The number of aromatic nitrogens is 2. The van der Waals surface area contributed by atoms with Crippen LogP contribution in [-0.4, -0.2) is 69.3 Å². The molecule has 0 saturated carbocycles. The number of benzene rings is 1. The van der Waals surface area contributed by atoms with Crippen LogP contribution < -0.4 is 4.90 Å². The zero-order valence-corrected chi connectivity index (χ0v) is 20.5. The first-order chi connectivity index (χ1) is 16.5. The lowest BCUT2D eigenvalue weighted by Crippen LogP contribution is -2.58. The van der Waals surface area contributed by atoms with E-state index in [1.165, 1.54) is 12.4 Å². The van der Waals surface area contributed by atoms with E-state index >= 15 is 0 Å². The zero-order valence-electron chi connectivity index (χ0n) is 20.5. The summed E-state index contributed by atoms with van der Waals surface area (Å²) in [6, 6.07) is 10.4. The number of carboxylic acid groups (broad SMARTS) is 1. The predicted octanol–water partition coefficient (Wildman–Crippen LogP) is 3.37. The Kier molecular flexibility index (Phi) is 8.26. The lowest BCUT2D eigenvalue weighted by Gasteiger charge is -2.44. The molecule has 1 saturated heterocycles. The molecule has 1 aliphatic rings. The maximum atomic E-state index is 13.0. The predicted molar refractivity (Wildman–Crippen MR) is 128 cm³/mol. The van der Waals surface area contributed by atoms with Crippen LogP contribution in [0, 0.1) is 5.92 Å². The minimum atomic E-state index is -1.15. The first-order valence-corrected chi connectivity index (χ1v) is 11.5. The van der Waals surface area contributed by atoms with Crippen molar-refractivity contribution in [2.24, 2.45) is 5.92 Å². The second-order valence-electron chi connectivity index (χ2n) is 9.58. The number of anilines is 1. The summed E-state index contributed by atoms with van der Waals surface area (Å²) in [5.74, 6) is -1.32. The SMILES string of the molecule is CC(CC(=O)OCc1ccccc1)[C@@H]1CN(c2cc(C(=O)O)ncn2)CCN1C(=O)OC(C)(C)C. The highest BCUT2D eigenvalue weighted by molar-refractivity contribution is 5.86. The molecule has 1 aliphatic heterocycles. The van der Waals surface area contributed by atoms with Crippen LogP contribution in [0.1, 0.15) is 50.2 Å². The van der Waals surface area contributed by atoms with E-state index < -0.39 is 17.7 Å². The number of ether oxygens (including phenoxy) is 2. The molecule has 0 aliphatic carbocycles. The van der Waals surface area contributed by atoms with Crippen LogP contribution in [0.5, 0.6) is 0 Å². The first kappa shape index (κ1) is 25.9. The van der Waals surface area contributed by atoms with Crippen molar-refractivity contribution < 1.29 is 29.0 Å². The highest BCUT2D eigenvalue weighted by Crippen LogP contribution is 2.26. The number of carbonyl (C=O) groups is 3. The molecule has 2 aromatic rings. The summed E-state index contributed by atoms with van der Waals surface area (Å²) in [6.07, 6.45) is 0.855. The second-order valence-corrected chi connectivity index (χ2v) is 9.58. The van der Waals surface area contributed by atoms with Crippen molar-refractivity contribution in [2.75, 3.05) is 24.5 Å². The Morgan fingerprint density at radius 3 is 2.51 bits per heavy atom. The van der Waals surface area contributed by atoms with Gasteiger partial charge in [0.25, 0.3) is 0 Å². The molecule has 1 aromatic heterocycles. The normalized spacial score (nSPS) is 17.0. The zero-order chi connectivity index (χ0) is 25.6. The topological polar surface area (TPSA) is 122 Å². The largest absolute Gasteiger partial charge is 0.477 e. The van der Waals surface area contributed by atoms with E-state index in [1.807, 2.05) is 42.2 Å². The Hall–Kier alpha value is -3.69. The molecule has 10 heteroatoms. The lowest BCUT2D eigenvalue weighted by atomic mass is 9.94. The second kappa shape index (κ2) is 11.2. The van der Waals surface area contributed by atoms with Gasteiger partial charge >= 0.3 is 18.0 Å². The summed E-state index contributed by atoms with van der Waals surface area (Å²) in [6.45, 7) is 8.57. The van der Waals surface area contributed by atoms with Crippen molar-refractivity contribution in [1.29, 1.82) is 0 Å². The number of piperazine rings is 1. The first-order valence-electron chi connectivity index (χ1n) is 11.5. The molecular weight excluding hydrogens is 452 g/mol. The molecule has 2 atom stereocenters. The van der Waals surface area contributed by atoms with Gasteiger partial charge in [0, 0.05) is 25.7 Å². The molecule has 0 spiro atoms. The van der Waals surface area contributed by atoms with Gasteiger partial charge in [0.15, 0.2) is 5.69 Å². The van der Waals surface area contributed by atoms with E-state index in [1.54, 1.807) is 25.7 Å². The summed E-state index contributed by atoms with van der Waals surface area (Å²) in [5, 5.41) is 9.27. The summed E-state index contributed by atoms with van der Waals surface area (Å²) >= 11 is 0. The molecule has 188 valence electrons. The number of esters is 1. The monoisotopic (exact) mass is 484 g/mol. The fraction of sp³-hybridized carbons (Fsp3) is 0.480. The van der Waals surface area contributed by atoms with Gasteiger partial charge in [-0.2, -0.15) is 0 Å². The van der Waals surface area contributed by atoms with Crippen LogP contribution in [0.15, 0.2) is 42.7 Å².